The molecule has 0 aliphatic carbocycles. The van der Waals surface area contributed by atoms with Crippen molar-refractivity contribution in [2.45, 2.75) is 19.6 Å². The Labute approximate surface area is 166 Å². The van der Waals surface area contributed by atoms with Crippen molar-refractivity contribution in [1.82, 2.24) is 0 Å². The molecule has 30 heavy (non-hydrogen) atoms. The minimum Gasteiger partial charge on any atom is -0.478 e. The molecule has 1 heterocycles. The van der Waals surface area contributed by atoms with E-state index in [1.54, 1.807) is 0 Å². The third-order valence-electron chi connectivity index (χ3n) is 4.23. The molecule has 0 spiro atoms. The number of carboxylic acid groups (broad SMARTS) is 4. The number of carboxylic acids is 4. The third kappa shape index (κ3) is 2.57. The second-order valence-corrected chi connectivity index (χ2v) is 9.54. The third-order valence-corrected chi connectivity index (χ3v) is 8.25. The lowest BCUT2D eigenvalue weighted by Gasteiger charge is -2.25. The van der Waals surface area contributed by atoms with E-state index in [1.165, 1.54) is 0 Å². The van der Waals surface area contributed by atoms with Crippen LogP contribution < -0.4 is 0 Å². The first-order chi connectivity index (χ1) is 13.8. The molecular weight excluding hydrogens is 448 g/mol. The summed E-state index contributed by atoms with van der Waals surface area (Å²) < 4.78 is 52.3. The predicted molar refractivity (Wildman–Crippen MR) is 91.6 cm³/mol. The fourth-order valence-corrected chi connectivity index (χ4v) is 7.71. The SMILES string of the molecule is O=C(O)c1c(C(=O)O)c(C(=O)O)c2c(c1C(=O)O)S(=O)(=O)c1ccccc1S2(=O)=O. The Morgan fingerprint density at radius 1 is 0.533 bits per heavy atom. The van der Waals surface area contributed by atoms with Crippen molar-refractivity contribution < 1.29 is 56.4 Å². The summed E-state index contributed by atoms with van der Waals surface area (Å²) in [6, 6.07) is 3.84. The number of benzene rings is 2. The van der Waals surface area contributed by atoms with Gasteiger partial charge < -0.3 is 20.4 Å². The van der Waals surface area contributed by atoms with Gasteiger partial charge in [0.1, 0.15) is 9.79 Å². The van der Waals surface area contributed by atoms with Crippen LogP contribution in [0.1, 0.15) is 41.4 Å². The minimum absolute atomic E-state index is 0.808. The quantitative estimate of drug-likeness (QED) is 0.421. The Kier molecular flexibility index (Phi) is 4.44. The van der Waals surface area contributed by atoms with Gasteiger partial charge in [-0.15, -0.1) is 0 Å². The smallest absolute Gasteiger partial charge is 0.337 e. The van der Waals surface area contributed by atoms with Gasteiger partial charge in [-0.3, -0.25) is 0 Å². The maximum Gasteiger partial charge on any atom is 0.337 e. The fraction of sp³-hybridized carbons (Fsp3) is 0. The molecule has 14 heteroatoms. The molecule has 3 rings (SSSR count). The molecular formula is C16H8O12S2. The van der Waals surface area contributed by atoms with Crippen LogP contribution in [0.2, 0.25) is 0 Å². The van der Waals surface area contributed by atoms with E-state index < -0.39 is 85.4 Å². The Bertz CT molecular complexity index is 1310. The Balaban J connectivity index is 2.86. The number of rotatable bonds is 4. The largest absolute Gasteiger partial charge is 0.478 e. The molecule has 12 nitrogen and oxygen atoms in total. The van der Waals surface area contributed by atoms with Crippen LogP contribution in [-0.2, 0) is 19.7 Å². The zero-order valence-electron chi connectivity index (χ0n) is 14.2. The molecule has 4 N–H and O–H groups in total. The molecule has 0 aromatic heterocycles. The van der Waals surface area contributed by atoms with Crippen LogP contribution in [0.15, 0.2) is 43.8 Å². The van der Waals surface area contributed by atoms with Gasteiger partial charge in [0.05, 0.1) is 32.0 Å². The first-order valence-electron chi connectivity index (χ1n) is 7.52. The van der Waals surface area contributed by atoms with E-state index in [0.717, 1.165) is 24.3 Å². The number of carbonyl (C=O) groups is 4. The minimum atomic E-state index is -5.08. The summed E-state index contributed by atoms with van der Waals surface area (Å²) in [5, 5.41) is 37.8. The normalized spacial score (nSPS) is 15.5. The van der Waals surface area contributed by atoms with Gasteiger partial charge in [-0.1, -0.05) is 12.1 Å². The second-order valence-electron chi connectivity index (χ2n) is 5.83. The summed E-state index contributed by atoms with van der Waals surface area (Å²) in [7, 11) is -10.2. The molecule has 1 aliphatic rings. The van der Waals surface area contributed by atoms with Crippen LogP contribution in [0.25, 0.3) is 0 Å². The maximum absolute atomic E-state index is 13.1. The lowest BCUT2D eigenvalue weighted by Crippen LogP contribution is -2.30. The summed E-state index contributed by atoms with van der Waals surface area (Å²) in [6.07, 6.45) is 0. The van der Waals surface area contributed by atoms with E-state index in [-0.39, 0.29) is 0 Å². The zero-order valence-corrected chi connectivity index (χ0v) is 15.8. The molecule has 0 atom stereocenters. The monoisotopic (exact) mass is 456 g/mol. The van der Waals surface area contributed by atoms with Crippen molar-refractivity contribution in [3.05, 3.63) is 46.5 Å². The Morgan fingerprint density at radius 2 is 0.800 bits per heavy atom. The predicted octanol–water partition coefficient (Wildman–Crippen LogP) is 0.458. The van der Waals surface area contributed by atoms with Crippen molar-refractivity contribution in [2.24, 2.45) is 0 Å². The van der Waals surface area contributed by atoms with Gasteiger partial charge in [0, 0.05) is 0 Å². The van der Waals surface area contributed by atoms with E-state index in [9.17, 15) is 56.4 Å². The lowest BCUT2D eigenvalue weighted by atomic mass is 9.95. The van der Waals surface area contributed by atoms with E-state index >= 15 is 0 Å². The molecule has 0 fully saturated rings. The number of sulfone groups is 2. The fourth-order valence-electron chi connectivity index (χ4n) is 3.17. The Morgan fingerprint density at radius 3 is 1.03 bits per heavy atom. The molecule has 0 radical (unpaired) electrons. The van der Waals surface area contributed by atoms with E-state index in [4.69, 9.17) is 0 Å². The van der Waals surface area contributed by atoms with Crippen molar-refractivity contribution in [3.8, 4) is 0 Å². The van der Waals surface area contributed by atoms with Gasteiger partial charge in [0.15, 0.2) is 0 Å². The van der Waals surface area contributed by atoms with Crippen molar-refractivity contribution in [3.63, 3.8) is 0 Å². The van der Waals surface area contributed by atoms with Crippen molar-refractivity contribution in [1.29, 1.82) is 0 Å². The second kappa shape index (κ2) is 6.36. The highest BCUT2D eigenvalue weighted by atomic mass is 32.2. The molecule has 1 aliphatic heterocycles. The molecule has 0 unspecified atom stereocenters. The van der Waals surface area contributed by atoms with Gasteiger partial charge in [0.25, 0.3) is 0 Å². The van der Waals surface area contributed by atoms with Crippen molar-refractivity contribution in [2.75, 3.05) is 0 Å². The summed E-state index contributed by atoms with van der Waals surface area (Å²) in [5.41, 5.74) is -6.69. The van der Waals surface area contributed by atoms with E-state index in [2.05, 4.69) is 0 Å². The highest BCUT2D eigenvalue weighted by molar-refractivity contribution is 7.97. The van der Waals surface area contributed by atoms with E-state index in [1.807, 2.05) is 0 Å². The molecule has 0 bridgehead atoms. The van der Waals surface area contributed by atoms with Crippen molar-refractivity contribution >= 4 is 43.6 Å². The molecule has 0 amide bonds. The van der Waals surface area contributed by atoms with E-state index in [0.29, 0.717) is 0 Å². The number of fused-ring (bicyclic) bond motifs is 2. The topological polar surface area (TPSA) is 217 Å². The van der Waals surface area contributed by atoms with Crippen LogP contribution >= 0.6 is 0 Å². The molecule has 0 saturated heterocycles. The maximum atomic E-state index is 13.1. The first-order valence-corrected chi connectivity index (χ1v) is 10.5. The van der Waals surface area contributed by atoms with Crippen LogP contribution in [0.3, 0.4) is 0 Å². The standard InChI is InChI=1S/C16H8O12S2/c17-13(18)7-8(14(19)20)10(16(23)24)12-11(9(7)15(21)22)29(25,26)5-3-1-2-4-6(5)30(12,27)28/h1-4H,(H,17,18)(H,19,20)(H,21,22)(H,23,24). The van der Waals surface area contributed by atoms with Crippen LogP contribution in [-0.4, -0.2) is 61.1 Å². The molecule has 2 aromatic rings. The highest BCUT2D eigenvalue weighted by Crippen LogP contribution is 2.46. The molecule has 2 aromatic carbocycles. The molecule has 156 valence electrons. The Hall–Kier alpha value is -3.78. The van der Waals surface area contributed by atoms with Crippen LogP contribution in [0.5, 0.6) is 0 Å². The van der Waals surface area contributed by atoms with Gasteiger partial charge in [-0.2, -0.15) is 0 Å². The highest BCUT2D eigenvalue weighted by Gasteiger charge is 2.49. The zero-order chi connectivity index (χ0) is 22.8. The number of hydrogen-bond donors (Lipinski definition) is 4. The summed E-state index contributed by atoms with van der Waals surface area (Å²) in [6.45, 7) is 0. The first kappa shape index (κ1) is 20.9. The lowest BCUT2D eigenvalue weighted by molar-refractivity contribution is 0.0614. The summed E-state index contributed by atoms with van der Waals surface area (Å²) in [5.74, 6) is -9.11. The molecule has 0 saturated carbocycles. The van der Waals surface area contributed by atoms with Gasteiger partial charge in [-0.05, 0) is 12.1 Å². The van der Waals surface area contributed by atoms with Crippen LogP contribution in [0.4, 0.5) is 0 Å². The summed E-state index contributed by atoms with van der Waals surface area (Å²) >= 11 is 0. The number of hydrogen-bond acceptors (Lipinski definition) is 8. The average Bonchev–Trinajstić information content (AvgIpc) is 2.64. The average molecular weight is 456 g/mol. The van der Waals surface area contributed by atoms with Gasteiger partial charge in [0.2, 0.25) is 19.7 Å². The summed E-state index contributed by atoms with van der Waals surface area (Å²) in [4.78, 5) is 41.9. The van der Waals surface area contributed by atoms with Gasteiger partial charge in [-0.25, -0.2) is 36.0 Å². The van der Waals surface area contributed by atoms with Crippen LogP contribution in [0, 0.1) is 0 Å². The number of aromatic carboxylic acids is 4. The van der Waals surface area contributed by atoms with Gasteiger partial charge >= 0.3 is 23.9 Å².